The number of rotatable bonds is 4. The Balaban J connectivity index is 3.06. The molecule has 5 nitrogen and oxygen atoms in total. The molecule has 1 aromatic rings. The molecule has 1 rings (SSSR count). The van der Waals surface area contributed by atoms with E-state index in [4.69, 9.17) is 4.74 Å². The van der Waals surface area contributed by atoms with Crippen molar-refractivity contribution in [1.82, 2.24) is 4.90 Å². The SMILES string of the molecule is COC(=O)/C=C(/C)c1ccc(SC(=O)N(C)C)c(OC)c1. The summed E-state index contributed by atoms with van der Waals surface area (Å²) in [5.41, 5.74) is 1.59. The van der Waals surface area contributed by atoms with Crippen LogP contribution in [-0.2, 0) is 9.53 Å². The van der Waals surface area contributed by atoms with Crippen molar-refractivity contribution in [3.05, 3.63) is 29.8 Å². The third kappa shape index (κ3) is 4.82. The lowest BCUT2D eigenvalue weighted by atomic mass is 10.1. The van der Waals surface area contributed by atoms with Gasteiger partial charge in [-0.2, -0.15) is 0 Å². The molecule has 1 aromatic carbocycles. The molecule has 0 atom stereocenters. The highest BCUT2D eigenvalue weighted by Gasteiger charge is 2.12. The number of hydrogen-bond donors (Lipinski definition) is 0. The van der Waals surface area contributed by atoms with E-state index in [1.54, 1.807) is 33.3 Å². The van der Waals surface area contributed by atoms with Crippen LogP contribution < -0.4 is 4.74 Å². The minimum absolute atomic E-state index is 0.0807. The van der Waals surface area contributed by atoms with Crippen LogP contribution >= 0.6 is 11.8 Å². The number of carbonyl (C=O) groups is 2. The molecule has 6 heteroatoms. The zero-order valence-electron chi connectivity index (χ0n) is 12.8. The van der Waals surface area contributed by atoms with Crippen molar-refractivity contribution < 1.29 is 19.1 Å². The highest BCUT2D eigenvalue weighted by molar-refractivity contribution is 8.13. The van der Waals surface area contributed by atoms with Crippen LogP contribution in [0, 0.1) is 0 Å². The fourth-order valence-corrected chi connectivity index (χ4v) is 2.25. The van der Waals surface area contributed by atoms with Crippen molar-refractivity contribution in [3.8, 4) is 5.75 Å². The van der Waals surface area contributed by atoms with Gasteiger partial charge in [0.05, 0.1) is 19.1 Å². The number of nitrogens with zero attached hydrogens (tertiary/aromatic N) is 1. The zero-order valence-corrected chi connectivity index (χ0v) is 13.6. The van der Waals surface area contributed by atoms with E-state index in [-0.39, 0.29) is 5.24 Å². The maximum Gasteiger partial charge on any atom is 0.330 e. The van der Waals surface area contributed by atoms with Crippen LogP contribution in [0.4, 0.5) is 4.79 Å². The van der Waals surface area contributed by atoms with Gasteiger partial charge in [-0.05, 0) is 42.0 Å². The first-order valence-electron chi connectivity index (χ1n) is 6.22. The lowest BCUT2D eigenvalue weighted by Gasteiger charge is -2.13. The highest BCUT2D eigenvalue weighted by Crippen LogP contribution is 2.33. The zero-order chi connectivity index (χ0) is 16.0. The van der Waals surface area contributed by atoms with Gasteiger partial charge >= 0.3 is 5.97 Å². The van der Waals surface area contributed by atoms with E-state index >= 15 is 0 Å². The largest absolute Gasteiger partial charge is 0.496 e. The van der Waals surface area contributed by atoms with Gasteiger partial charge in [-0.15, -0.1) is 0 Å². The molecule has 0 saturated heterocycles. The van der Waals surface area contributed by atoms with E-state index in [2.05, 4.69) is 4.74 Å². The second-order valence-electron chi connectivity index (χ2n) is 4.48. The second-order valence-corrected chi connectivity index (χ2v) is 5.47. The first-order chi connectivity index (χ1) is 9.88. The number of amides is 1. The average molecular weight is 309 g/mol. The Morgan fingerprint density at radius 3 is 2.43 bits per heavy atom. The molecule has 0 saturated carbocycles. The van der Waals surface area contributed by atoms with Gasteiger partial charge in [-0.25, -0.2) is 4.79 Å². The van der Waals surface area contributed by atoms with Crippen molar-refractivity contribution in [2.24, 2.45) is 0 Å². The summed E-state index contributed by atoms with van der Waals surface area (Å²) in [7, 11) is 6.26. The molecule has 1 amide bonds. The van der Waals surface area contributed by atoms with Gasteiger partial charge in [-0.1, -0.05) is 6.07 Å². The standard InChI is InChI=1S/C15H19NO4S/c1-10(8-14(17)20-5)11-6-7-13(12(9-11)19-4)21-15(18)16(2)3/h6-9H,1-5H3/b10-8-. The molecule has 0 unspecified atom stereocenters. The number of allylic oxidation sites excluding steroid dienone is 1. The van der Waals surface area contributed by atoms with Crippen molar-refractivity contribution in [3.63, 3.8) is 0 Å². The van der Waals surface area contributed by atoms with Crippen LogP contribution in [0.5, 0.6) is 5.75 Å². The monoisotopic (exact) mass is 309 g/mol. The molecule has 0 bridgehead atoms. The smallest absolute Gasteiger partial charge is 0.330 e. The molecule has 0 aliphatic heterocycles. The summed E-state index contributed by atoms with van der Waals surface area (Å²) < 4.78 is 9.91. The summed E-state index contributed by atoms with van der Waals surface area (Å²) >= 11 is 1.09. The van der Waals surface area contributed by atoms with Crippen molar-refractivity contribution >= 4 is 28.5 Å². The highest BCUT2D eigenvalue weighted by atomic mass is 32.2. The Bertz CT molecular complexity index is 567. The van der Waals surface area contributed by atoms with E-state index < -0.39 is 5.97 Å². The fraction of sp³-hybridized carbons (Fsp3) is 0.333. The normalized spacial score (nSPS) is 11.0. The third-order valence-electron chi connectivity index (χ3n) is 2.72. The molecule has 0 aliphatic rings. The lowest BCUT2D eigenvalue weighted by molar-refractivity contribution is -0.134. The Labute approximate surface area is 128 Å². The fourth-order valence-electron chi connectivity index (χ4n) is 1.50. The van der Waals surface area contributed by atoms with Crippen LogP contribution in [0.2, 0.25) is 0 Å². The molecule has 0 radical (unpaired) electrons. The molecule has 0 aliphatic carbocycles. The molecular formula is C15H19NO4S. The summed E-state index contributed by atoms with van der Waals surface area (Å²) in [6.45, 7) is 1.81. The molecule has 0 spiro atoms. The molecule has 0 fully saturated rings. The number of thioether (sulfide) groups is 1. The molecule has 0 heterocycles. The van der Waals surface area contributed by atoms with E-state index in [0.29, 0.717) is 5.75 Å². The van der Waals surface area contributed by atoms with Crippen LogP contribution in [0.25, 0.3) is 5.57 Å². The van der Waals surface area contributed by atoms with Crippen molar-refractivity contribution in [1.29, 1.82) is 0 Å². The predicted molar refractivity (Wildman–Crippen MR) is 83.6 cm³/mol. The van der Waals surface area contributed by atoms with Crippen LogP contribution in [0.3, 0.4) is 0 Å². The lowest BCUT2D eigenvalue weighted by Crippen LogP contribution is -2.16. The van der Waals surface area contributed by atoms with Crippen molar-refractivity contribution in [2.75, 3.05) is 28.3 Å². The predicted octanol–water partition coefficient (Wildman–Crippen LogP) is 3.05. The molecule has 21 heavy (non-hydrogen) atoms. The van der Waals surface area contributed by atoms with Gasteiger partial charge in [0.2, 0.25) is 0 Å². The van der Waals surface area contributed by atoms with Crippen LogP contribution in [-0.4, -0.2) is 44.4 Å². The Hall–Kier alpha value is -1.95. The summed E-state index contributed by atoms with van der Waals surface area (Å²) in [6.07, 6.45) is 1.41. The van der Waals surface area contributed by atoms with Gasteiger partial charge in [0.15, 0.2) is 0 Å². The minimum Gasteiger partial charge on any atom is -0.496 e. The van der Waals surface area contributed by atoms with Crippen LogP contribution in [0.1, 0.15) is 12.5 Å². The number of carbonyl (C=O) groups excluding carboxylic acids is 2. The number of hydrogen-bond acceptors (Lipinski definition) is 5. The first kappa shape index (κ1) is 17.1. The van der Waals surface area contributed by atoms with Gasteiger partial charge in [-0.3, -0.25) is 4.79 Å². The quantitative estimate of drug-likeness (QED) is 0.486. The van der Waals surface area contributed by atoms with E-state index in [9.17, 15) is 9.59 Å². The Morgan fingerprint density at radius 2 is 1.90 bits per heavy atom. The summed E-state index contributed by atoms with van der Waals surface area (Å²) in [4.78, 5) is 25.2. The van der Waals surface area contributed by atoms with Crippen molar-refractivity contribution in [2.45, 2.75) is 11.8 Å². The first-order valence-corrected chi connectivity index (χ1v) is 7.04. The number of methoxy groups -OCH3 is 2. The van der Waals surface area contributed by atoms with E-state index in [1.807, 2.05) is 13.0 Å². The average Bonchev–Trinajstić information content (AvgIpc) is 2.46. The maximum atomic E-state index is 11.7. The summed E-state index contributed by atoms with van der Waals surface area (Å²) in [6, 6.07) is 5.43. The minimum atomic E-state index is -0.410. The number of benzene rings is 1. The van der Waals surface area contributed by atoms with Gasteiger partial charge in [0, 0.05) is 20.2 Å². The summed E-state index contributed by atoms with van der Waals surface area (Å²) in [5, 5.41) is -0.0807. The van der Waals surface area contributed by atoms with Gasteiger partial charge < -0.3 is 14.4 Å². The molecular weight excluding hydrogens is 290 g/mol. The maximum absolute atomic E-state index is 11.7. The number of esters is 1. The van der Waals surface area contributed by atoms with E-state index in [1.165, 1.54) is 18.1 Å². The molecule has 0 N–H and O–H groups in total. The van der Waals surface area contributed by atoms with Gasteiger partial charge in [0.1, 0.15) is 5.75 Å². The molecule has 114 valence electrons. The Morgan fingerprint density at radius 1 is 1.24 bits per heavy atom. The number of ether oxygens (including phenoxy) is 2. The van der Waals surface area contributed by atoms with Crippen LogP contribution in [0.15, 0.2) is 29.2 Å². The topological polar surface area (TPSA) is 55.8 Å². The third-order valence-corrected chi connectivity index (χ3v) is 3.81. The Kier molecular flexibility index (Phi) is 6.30. The molecule has 0 aromatic heterocycles. The summed E-state index contributed by atoms with van der Waals surface area (Å²) in [5.74, 6) is 0.179. The van der Waals surface area contributed by atoms with Gasteiger partial charge in [0.25, 0.3) is 5.24 Å². The second kappa shape index (κ2) is 7.73. The van der Waals surface area contributed by atoms with E-state index in [0.717, 1.165) is 27.8 Å².